The lowest BCUT2D eigenvalue weighted by molar-refractivity contribution is -0.137. The van der Waals surface area contributed by atoms with Gasteiger partial charge in [-0.05, 0) is 41.8 Å². The Morgan fingerprint density at radius 1 is 1.04 bits per heavy atom. The first-order valence-electron chi connectivity index (χ1n) is 8.73. The Morgan fingerprint density at radius 2 is 1.77 bits per heavy atom. The maximum atomic E-state index is 12.0. The Morgan fingerprint density at radius 3 is 2.42 bits per heavy atom. The number of rotatable bonds is 5. The van der Waals surface area contributed by atoms with E-state index in [1.165, 1.54) is 6.08 Å². The second-order valence-electron chi connectivity index (χ2n) is 5.32. The fraction of sp³-hybridized carbons (Fsp3) is 0.182. The molecule has 0 radical (unpaired) electrons. The highest BCUT2D eigenvalue weighted by Gasteiger charge is 2.10. The molecule has 0 saturated carbocycles. The maximum absolute atomic E-state index is 12.0. The third-order valence-corrected chi connectivity index (χ3v) is 3.71. The third kappa shape index (κ3) is 4.48. The summed E-state index contributed by atoms with van der Waals surface area (Å²) in [7, 11) is 0. The Balaban J connectivity index is 0.00000117. The smallest absolute Gasteiger partial charge is 0.331 e. The Kier molecular flexibility index (Phi) is 6.92. The first-order valence-corrected chi connectivity index (χ1v) is 8.73. The number of carbonyl (C=O) groups excluding carboxylic acids is 2. The van der Waals surface area contributed by atoms with Crippen molar-refractivity contribution in [1.29, 1.82) is 0 Å². The molecular weight excluding hydrogens is 326 g/mol. The summed E-state index contributed by atoms with van der Waals surface area (Å²) < 4.78 is 5.06. The molecule has 4 nitrogen and oxygen atoms in total. The van der Waals surface area contributed by atoms with E-state index in [0.29, 0.717) is 12.3 Å². The van der Waals surface area contributed by atoms with Crippen LogP contribution in [0.15, 0.2) is 60.7 Å². The van der Waals surface area contributed by atoms with Gasteiger partial charge in [0, 0.05) is 17.0 Å². The van der Waals surface area contributed by atoms with Gasteiger partial charge in [0.15, 0.2) is 6.29 Å². The summed E-state index contributed by atoms with van der Waals surface area (Å²) in [5.74, 6) is -0.376. The van der Waals surface area contributed by atoms with E-state index >= 15 is 0 Å². The number of nitrogens with one attached hydrogen (secondary N) is 1. The number of fused-ring (bicyclic) bond motifs is 1. The van der Waals surface area contributed by atoms with Crippen molar-refractivity contribution in [3.05, 3.63) is 77.5 Å². The molecule has 0 fully saturated rings. The normalized spacial score (nSPS) is 10.8. The third-order valence-electron chi connectivity index (χ3n) is 3.71. The minimum Gasteiger partial charge on any atom is -0.463 e. The van der Waals surface area contributed by atoms with Crippen LogP contribution in [0.1, 0.15) is 42.4 Å². The highest BCUT2D eigenvalue weighted by Crippen LogP contribution is 2.27. The average Bonchev–Trinajstić information content (AvgIpc) is 3.11. The van der Waals surface area contributed by atoms with E-state index in [1.807, 2.05) is 62.4 Å². The maximum Gasteiger partial charge on any atom is 0.331 e. The SMILES string of the molecule is CC.CCOC(=O)/C=C(/c1ccccc1)c1ccc2[nH]c(C=O)cc2c1. The molecule has 0 amide bonds. The molecule has 1 heterocycles. The van der Waals surface area contributed by atoms with E-state index in [1.54, 1.807) is 13.0 Å². The molecule has 0 aliphatic heterocycles. The van der Waals surface area contributed by atoms with Gasteiger partial charge in [-0.3, -0.25) is 4.79 Å². The molecule has 0 bridgehead atoms. The average molecular weight is 349 g/mol. The van der Waals surface area contributed by atoms with Crippen molar-refractivity contribution in [3.63, 3.8) is 0 Å². The largest absolute Gasteiger partial charge is 0.463 e. The molecular formula is C22H23NO3. The molecule has 134 valence electrons. The zero-order valence-electron chi connectivity index (χ0n) is 15.3. The van der Waals surface area contributed by atoms with Crippen molar-refractivity contribution in [3.8, 4) is 0 Å². The number of esters is 1. The monoisotopic (exact) mass is 349 g/mol. The summed E-state index contributed by atoms with van der Waals surface area (Å²) >= 11 is 0. The van der Waals surface area contributed by atoms with Crippen LogP contribution < -0.4 is 0 Å². The van der Waals surface area contributed by atoms with E-state index in [-0.39, 0.29) is 5.97 Å². The minimum absolute atomic E-state index is 0.330. The van der Waals surface area contributed by atoms with Crippen LogP contribution in [-0.4, -0.2) is 23.8 Å². The van der Waals surface area contributed by atoms with E-state index in [4.69, 9.17) is 4.74 Å². The standard InChI is InChI=1S/C20H17NO3.C2H6/c1-2-24-20(23)12-18(14-6-4-3-5-7-14)15-8-9-19-16(10-15)11-17(13-22)21-19;1-2/h3-13,21H,2H2,1H3;1-2H3/b18-12-;. The number of hydrogen-bond acceptors (Lipinski definition) is 3. The van der Waals surface area contributed by atoms with Gasteiger partial charge in [-0.1, -0.05) is 50.2 Å². The van der Waals surface area contributed by atoms with Gasteiger partial charge in [-0.15, -0.1) is 0 Å². The zero-order chi connectivity index (χ0) is 18.9. The highest BCUT2D eigenvalue weighted by molar-refractivity contribution is 5.98. The van der Waals surface area contributed by atoms with Crippen molar-refractivity contribution >= 4 is 28.7 Å². The molecule has 3 aromatic rings. The molecule has 4 heteroatoms. The van der Waals surface area contributed by atoms with Gasteiger partial charge < -0.3 is 9.72 Å². The van der Waals surface area contributed by atoms with Crippen molar-refractivity contribution in [2.24, 2.45) is 0 Å². The van der Waals surface area contributed by atoms with Crippen LogP contribution in [0.3, 0.4) is 0 Å². The number of hydrogen-bond donors (Lipinski definition) is 1. The van der Waals surface area contributed by atoms with Crippen LogP contribution >= 0.6 is 0 Å². The van der Waals surface area contributed by atoms with Gasteiger partial charge >= 0.3 is 5.97 Å². The van der Waals surface area contributed by atoms with Gasteiger partial charge in [-0.25, -0.2) is 4.79 Å². The predicted molar refractivity (Wildman–Crippen MR) is 105 cm³/mol. The number of H-pyrrole nitrogens is 1. The van der Waals surface area contributed by atoms with Crippen LogP contribution in [0.2, 0.25) is 0 Å². The van der Waals surface area contributed by atoms with Crippen LogP contribution in [0.25, 0.3) is 16.5 Å². The van der Waals surface area contributed by atoms with Crippen molar-refractivity contribution in [2.75, 3.05) is 6.61 Å². The van der Waals surface area contributed by atoms with E-state index in [0.717, 1.165) is 33.9 Å². The van der Waals surface area contributed by atoms with Gasteiger partial charge in [0.05, 0.1) is 12.3 Å². The predicted octanol–water partition coefficient (Wildman–Crippen LogP) is 5.00. The van der Waals surface area contributed by atoms with Crippen molar-refractivity contribution < 1.29 is 14.3 Å². The molecule has 0 aliphatic carbocycles. The first-order chi connectivity index (χ1) is 12.7. The zero-order valence-corrected chi connectivity index (χ0v) is 15.3. The minimum atomic E-state index is -0.376. The summed E-state index contributed by atoms with van der Waals surface area (Å²) in [6, 6.07) is 17.2. The molecule has 0 saturated heterocycles. The summed E-state index contributed by atoms with van der Waals surface area (Å²) in [6.45, 7) is 6.11. The molecule has 0 unspecified atom stereocenters. The fourth-order valence-corrected chi connectivity index (χ4v) is 2.64. The lowest BCUT2D eigenvalue weighted by Crippen LogP contribution is -2.01. The van der Waals surface area contributed by atoms with Gasteiger partial charge in [0.1, 0.15) is 0 Å². The number of benzene rings is 2. The molecule has 26 heavy (non-hydrogen) atoms. The van der Waals surface area contributed by atoms with Crippen LogP contribution in [0.5, 0.6) is 0 Å². The quantitative estimate of drug-likeness (QED) is 0.400. The summed E-state index contributed by atoms with van der Waals surface area (Å²) in [5.41, 5.74) is 4.00. The highest BCUT2D eigenvalue weighted by atomic mass is 16.5. The number of aldehydes is 1. The Bertz CT molecular complexity index is 908. The number of aromatic nitrogens is 1. The van der Waals surface area contributed by atoms with Crippen LogP contribution in [0.4, 0.5) is 0 Å². The van der Waals surface area contributed by atoms with Crippen LogP contribution in [-0.2, 0) is 9.53 Å². The topological polar surface area (TPSA) is 59.2 Å². The van der Waals surface area contributed by atoms with Gasteiger partial charge in [0.25, 0.3) is 0 Å². The molecule has 1 N–H and O–H groups in total. The summed E-state index contributed by atoms with van der Waals surface area (Å²) in [4.78, 5) is 25.9. The fourth-order valence-electron chi connectivity index (χ4n) is 2.64. The number of ether oxygens (including phenoxy) is 1. The molecule has 2 aromatic carbocycles. The van der Waals surface area contributed by atoms with Crippen molar-refractivity contribution in [1.82, 2.24) is 4.98 Å². The lowest BCUT2D eigenvalue weighted by atomic mass is 9.96. The first kappa shape index (κ1) is 19.2. The molecule has 1 aromatic heterocycles. The van der Waals surface area contributed by atoms with Gasteiger partial charge in [-0.2, -0.15) is 0 Å². The van der Waals surface area contributed by atoms with E-state index < -0.39 is 0 Å². The Hall–Kier alpha value is -3.14. The second-order valence-corrected chi connectivity index (χ2v) is 5.32. The number of carbonyl (C=O) groups is 2. The van der Waals surface area contributed by atoms with Crippen LogP contribution in [0, 0.1) is 0 Å². The molecule has 0 spiro atoms. The van der Waals surface area contributed by atoms with Gasteiger partial charge in [0.2, 0.25) is 0 Å². The van der Waals surface area contributed by atoms with E-state index in [9.17, 15) is 9.59 Å². The summed E-state index contributed by atoms with van der Waals surface area (Å²) in [5, 5.41) is 0.917. The number of aromatic amines is 1. The molecule has 3 rings (SSSR count). The summed E-state index contributed by atoms with van der Waals surface area (Å²) in [6.07, 6.45) is 2.29. The van der Waals surface area contributed by atoms with E-state index in [2.05, 4.69) is 4.98 Å². The lowest BCUT2D eigenvalue weighted by Gasteiger charge is -2.09. The van der Waals surface area contributed by atoms with Crippen molar-refractivity contribution in [2.45, 2.75) is 20.8 Å². The second kappa shape index (κ2) is 9.37. The Labute approximate surface area is 153 Å². The molecule has 0 aliphatic rings. The molecule has 0 atom stereocenters.